The van der Waals surface area contributed by atoms with Crippen molar-refractivity contribution in [2.24, 2.45) is 0 Å². The van der Waals surface area contributed by atoms with Crippen molar-refractivity contribution in [2.75, 3.05) is 11.9 Å². The summed E-state index contributed by atoms with van der Waals surface area (Å²) in [6.07, 6.45) is -0.630. The summed E-state index contributed by atoms with van der Waals surface area (Å²) in [5, 5.41) is 6.20. The normalized spacial score (nSPS) is 17.0. The number of halogens is 1. The molecule has 0 radical (unpaired) electrons. The molecule has 7 nitrogen and oxygen atoms in total. The molecule has 3 amide bonds. The van der Waals surface area contributed by atoms with Crippen LogP contribution >= 0.6 is 11.6 Å². The summed E-state index contributed by atoms with van der Waals surface area (Å²) < 4.78 is 5.73. The highest BCUT2D eigenvalue weighted by molar-refractivity contribution is 6.31. The second-order valence-electron chi connectivity index (χ2n) is 8.74. The second kappa shape index (κ2) is 11.3. The fourth-order valence-corrected chi connectivity index (χ4v) is 4.27. The molecule has 4 rings (SSSR count). The van der Waals surface area contributed by atoms with Crippen molar-refractivity contribution >= 4 is 35.2 Å². The quantitative estimate of drug-likeness (QED) is 0.424. The van der Waals surface area contributed by atoms with E-state index in [1.807, 2.05) is 38.1 Å². The molecule has 3 aromatic carbocycles. The first-order valence-corrected chi connectivity index (χ1v) is 12.2. The van der Waals surface area contributed by atoms with Crippen molar-refractivity contribution in [2.45, 2.75) is 39.0 Å². The van der Waals surface area contributed by atoms with Crippen LogP contribution in [0.2, 0.25) is 5.02 Å². The third kappa shape index (κ3) is 5.86. The van der Waals surface area contributed by atoms with Gasteiger partial charge in [0, 0.05) is 22.8 Å². The number of amides is 3. The number of nitrogens with one attached hydrogen (secondary N) is 2. The molecule has 36 heavy (non-hydrogen) atoms. The van der Waals surface area contributed by atoms with E-state index in [1.165, 1.54) is 4.90 Å². The van der Waals surface area contributed by atoms with Gasteiger partial charge in [-0.3, -0.25) is 14.5 Å². The van der Waals surface area contributed by atoms with Gasteiger partial charge in [-0.25, -0.2) is 4.79 Å². The van der Waals surface area contributed by atoms with E-state index in [4.69, 9.17) is 16.3 Å². The van der Waals surface area contributed by atoms with Crippen molar-refractivity contribution in [1.82, 2.24) is 10.2 Å². The van der Waals surface area contributed by atoms with Crippen LogP contribution in [0.4, 0.5) is 10.5 Å². The highest BCUT2D eigenvalue weighted by Crippen LogP contribution is 2.35. The molecule has 0 spiro atoms. The lowest BCUT2D eigenvalue weighted by molar-refractivity contribution is -0.126. The van der Waals surface area contributed by atoms with Gasteiger partial charge in [-0.1, -0.05) is 66.6 Å². The summed E-state index contributed by atoms with van der Waals surface area (Å²) in [4.78, 5) is 40.3. The molecular formula is C28H28ClN3O4. The van der Waals surface area contributed by atoms with Crippen LogP contribution in [0.3, 0.4) is 0 Å². The van der Waals surface area contributed by atoms with Crippen LogP contribution < -0.4 is 10.6 Å². The van der Waals surface area contributed by atoms with Crippen molar-refractivity contribution in [1.29, 1.82) is 0 Å². The van der Waals surface area contributed by atoms with E-state index in [1.54, 1.807) is 48.5 Å². The molecule has 8 heteroatoms. The number of carbonyl (C=O) groups is 3. The molecular weight excluding hydrogens is 478 g/mol. The summed E-state index contributed by atoms with van der Waals surface area (Å²) in [5.74, 6) is -0.607. The average Bonchev–Trinajstić information content (AvgIpc) is 3.20. The molecule has 186 valence electrons. The molecule has 0 saturated carbocycles. The molecule has 2 atom stereocenters. The first-order valence-electron chi connectivity index (χ1n) is 11.8. The van der Waals surface area contributed by atoms with E-state index in [2.05, 4.69) is 10.6 Å². The number of carbonyl (C=O) groups excluding carboxylic acids is 3. The minimum Gasteiger partial charge on any atom is -0.438 e. The Labute approximate surface area is 215 Å². The average molecular weight is 506 g/mol. The molecule has 0 aromatic heterocycles. The zero-order valence-electron chi connectivity index (χ0n) is 20.2. The predicted molar refractivity (Wildman–Crippen MR) is 139 cm³/mol. The molecule has 0 unspecified atom stereocenters. The summed E-state index contributed by atoms with van der Waals surface area (Å²) >= 11 is 6.01. The maximum Gasteiger partial charge on any atom is 0.411 e. The number of aryl methyl sites for hydroxylation is 1. The van der Waals surface area contributed by atoms with E-state index in [-0.39, 0.29) is 18.4 Å². The van der Waals surface area contributed by atoms with Gasteiger partial charge in [0.15, 0.2) is 12.1 Å². The van der Waals surface area contributed by atoms with Gasteiger partial charge < -0.3 is 15.4 Å². The first kappa shape index (κ1) is 25.3. The molecule has 3 aromatic rings. The second-order valence-corrected chi connectivity index (χ2v) is 9.18. The fraction of sp³-hybridized carbons (Fsp3) is 0.250. The van der Waals surface area contributed by atoms with Crippen LogP contribution in [0.25, 0.3) is 0 Å². The van der Waals surface area contributed by atoms with Crippen molar-refractivity contribution in [3.63, 3.8) is 0 Å². The lowest BCUT2D eigenvalue weighted by Crippen LogP contribution is -2.46. The van der Waals surface area contributed by atoms with E-state index >= 15 is 0 Å². The van der Waals surface area contributed by atoms with E-state index in [0.29, 0.717) is 28.4 Å². The number of ether oxygens (including phenoxy) is 1. The third-order valence-electron chi connectivity index (χ3n) is 5.94. The van der Waals surface area contributed by atoms with E-state index in [9.17, 15) is 14.4 Å². The number of rotatable bonds is 8. The molecule has 0 bridgehead atoms. The molecule has 1 fully saturated rings. The minimum absolute atomic E-state index is 0.241. The predicted octanol–water partition coefficient (Wildman–Crippen LogP) is 5.49. The maximum absolute atomic E-state index is 13.2. The van der Waals surface area contributed by atoms with Crippen LogP contribution in [0.1, 0.15) is 46.5 Å². The van der Waals surface area contributed by atoms with Gasteiger partial charge in [-0.2, -0.15) is 0 Å². The third-order valence-corrected chi connectivity index (χ3v) is 6.17. The Kier molecular flexibility index (Phi) is 7.90. The van der Waals surface area contributed by atoms with Crippen LogP contribution in [-0.4, -0.2) is 35.4 Å². The van der Waals surface area contributed by atoms with E-state index < -0.39 is 18.2 Å². The summed E-state index contributed by atoms with van der Waals surface area (Å²) in [6.45, 7) is 4.68. The molecule has 1 heterocycles. The standard InChI is InChI=1S/C28H28ClN3O4/c1-3-14-30-27(34)24-25(36-28(35)32(24)17-19-12-10-18(2)11-13-19)20-6-5-9-23(16-20)31-26(33)21-7-4-8-22(29)15-21/h4-13,15-16,24-25H,3,14,17H2,1-2H3,(H,30,34)(H,31,33)/t24-,25-/m0/s1. The van der Waals surface area contributed by atoms with Gasteiger partial charge in [0.05, 0.1) is 6.54 Å². The van der Waals surface area contributed by atoms with Gasteiger partial charge in [0.2, 0.25) is 5.91 Å². The molecule has 2 N–H and O–H groups in total. The van der Waals surface area contributed by atoms with Crippen LogP contribution in [0.15, 0.2) is 72.8 Å². The van der Waals surface area contributed by atoms with Crippen LogP contribution in [0, 0.1) is 6.92 Å². The number of nitrogens with zero attached hydrogens (tertiary/aromatic N) is 1. The number of benzene rings is 3. The molecule has 1 aliphatic heterocycles. The van der Waals surface area contributed by atoms with Crippen LogP contribution in [0.5, 0.6) is 0 Å². The summed E-state index contributed by atoms with van der Waals surface area (Å²) in [6, 6.07) is 20.6. The zero-order valence-corrected chi connectivity index (χ0v) is 20.9. The Morgan fingerprint density at radius 3 is 2.50 bits per heavy atom. The fourth-order valence-electron chi connectivity index (χ4n) is 4.08. The van der Waals surface area contributed by atoms with Crippen LogP contribution in [-0.2, 0) is 16.1 Å². The largest absolute Gasteiger partial charge is 0.438 e. The lowest BCUT2D eigenvalue weighted by atomic mass is 10.00. The highest BCUT2D eigenvalue weighted by Gasteiger charge is 2.46. The van der Waals surface area contributed by atoms with Gasteiger partial charge in [-0.05, 0) is 54.8 Å². The SMILES string of the molecule is CCCNC(=O)[C@@H]1[C@H](c2cccc(NC(=O)c3cccc(Cl)c3)c2)OC(=O)N1Cc1ccc(C)cc1. The number of cyclic esters (lactones) is 1. The lowest BCUT2D eigenvalue weighted by Gasteiger charge is -2.24. The first-order chi connectivity index (χ1) is 17.4. The Morgan fingerprint density at radius 1 is 1.03 bits per heavy atom. The van der Waals surface area contributed by atoms with Crippen molar-refractivity contribution in [3.05, 3.63) is 100 Å². The van der Waals surface area contributed by atoms with Gasteiger partial charge in [-0.15, -0.1) is 0 Å². The Bertz CT molecular complexity index is 1260. The monoisotopic (exact) mass is 505 g/mol. The zero-order chi connectivity index (χ0) is 25.7. The Morgan fingerprint density at radius 2 is 1.78 bits per heavy atom. The number of anilines is 1. The van der Waals surface area contributed by atoms with Gasteiger partial charge >= 0.3 is 6.09 Å². The minimum atomic E-state index is -0.857. The van der Waals surface area contributed by atoms with E-state index in [0.717, 1.165) is 17.5 Å². The molecule has 1 saturated heterocycles. The number of hydrogen-bond acceptors (Lipinski definition) is 4. The topological polar surface area (TPSA) is 87.7 Å². The molecule has 0 aliphatic carbocycles. The molecule has 1 aliphatic rings. The number of hydrogen-bond donors (Lipinski definition) is 2. The Balaban J connectivity index is 1.59. The highest BCUT2D eigenvalue weighted by atomic mass is 35.5. The Hall–Kier alpha value is -3.84. The van der Waals surface area contributed by atoms with Gasteiger partial charge in [0.25, 0.3) is 5.91 Å². The maximum atomic E-state index is 13.2. The van der Waals surface area contributed by atoms with Gasteiger partial charge in [0.1, 0.15) is 0 Å². The van der Waals surface area contributed by atoms with Crippen molar-refractivity contribution < 1.29 is 19.1 Å². The summed E-state index contributed by atoms with van der Waals surface area (Å²) in [5.41, 5.74) is 3.54. The van der Waals surface area contributed by atoms with Crippen molar-refractivity contribution in [3.8, 4) is 0 Å². The summed E-state index contributed by atoms with van der Waals surface area (Å²) in [7, 11) is 0. The smallest absolute Gasteiger partial charge is 0.411 e.